The molecule has 0 aromatic carbocycles. The highest BCUT2D eigenvalue weighted by Gasteiger charge is 2.68. The second-order valence-corrected chi connectivity index (χ2v) is 9.84. The number of thioether (sulfide) groups is 1. The van der Waals surface area contributed by atoms with Gasteiger partial charge in [0.2, 0.25) is 0 Å². The van der Waals surface area contributed by atoms with Crippen LogP contribution in [0, 0.1) is 11.8 Å². The fraction of sp³-hybridized carbons (Fsp3) is 0.870. The highest BCUT2D eigenvalue weighted by molar-refractivity contribution is 7.99. The van der Waals surface area contributed by atoms with Crippen LogP contribution in [0.2, 0.25) is 0 Å². The van der Waals surface area contributed by atoms with Crippen LogP contribution in [0.4, 0.5) is 0 Å². The number of hydrogen-bond acceptors (Lipinski definition) is 4. The van der Waals surface area contributed by atoms with Crippen LogP contribution in [0.15, 0.2) is 12.2 Å². The maximum absolute atomic E-state index is 10.6. The first-order chi connectivity index (χ1) is 13.7. The van der Waals surface area contributed by atoms with Gasteiger partial charge in [0.05, 0.1) is 12.2 Å². The molecule has 2 bridgehead atoms. The van der Waals surface area contributed by atoms with Crippen LogP contribution in [0.1, 0.15) is 77.6 Å². The largest absolute Gasteiger partial charge is 0.481 e. The van der Waals surface area contributed by atoms with E-state index in [0.717, 1.165) is 19.3 Å². The first-order valence-corrected chi connectivity index (χ1v) is 12.6. The van der Waals surface area contributed by atoms with Crippen molar-refractivity contribution >= 4 is 17.7 Å². The van der Waals surface area contributed by atoms with E-state index >= 15 is 0 Å². The highest BCUT2D eigenvalue weighted by atomic mass is 32.2. The molecule has 160 valence electrons. The van der Waals surface area contributed by atoms with Gasteiger partial charge in [-0.25, -0.2) is 0 Å². The molecule has 3 rings (SSSR count). The Hall–Kier alpha value is -0.520. The summed E-state index contributed by atoms with van der Waals surface area (Å²) in [5.74, 6) is 3.15. The van der Waals surface area contributed by atoms with Gasteiger partial charge in [-0.1, -0.05) is 44.8 Å². The molecular formula is C23H38O4S. The van der Waals surface area contributed by atoms with Gasteiger partial charge >= 0.3 is 5.97 Å². The number of allylic oxidation sites excluding steroid dienone is 2. The van der Waals surface area contributed by atoms with E-state index in [1.165, 1.54) is 56.5 Å². The molecule has 0 aromatic rings. The number of epoxide rings is 1. The van der Waals surface area contributed by atoms with Crippen molar-refractivity contribution < 1.29 is 19.4 Å². The van der Waals surface area contributed by atoms with Gasteiger partial charge in [0.1, 0.15) is 12.2 Å². The standard InChI is InChI=1S/C23H38O4S/c1-2-3-4-10-15-28-16-11-9-13-18-17(12-7-5-6-8-14-19(24)25)20-22-23(27-22)21(18)26-20/h5,7,17-18,20-23H,2-4,6,8-16H2,1H3,(H,24,25)/b7-5-/t17-,18+,20+,21-,22-,23+/m0/s1. The van der Waals surface area contributed by atoms with E-state index in [-0.39, 0.29) is 6.42 Å². The van der Waals surface area contributed by atoms with E-state index in [0.29, 0.717) is 36.3 Å². The van der Waals surface area contributed by atoms with Crippen LogP contribution in [-0.2, 0) is 14.3 Å². The van der Waals surface area contributed by atoms with Crippen molar-refractivity contribution in [1.82, 2.24) is 0 Å². The number of rotatable bonds is 16. The normalized spacial score (nSPS) is 32.9. The number of aliphatic carboxylic acids is 1. The molecule has 3 aliphatic rings. The van der Waals surface area contributed by atoms with Crippen molar-refractivity contribution in [2.24, 2.45) is 11.8 Å². The van der Waals surface area contributed by atoms with Crippen LogP contribution in [0.5, 0.6) is 0 Å². The smallest absolute Gasteiger partial charge is 0.303 e. The van der Waals surface area contributed by atoms with E-state index < -0.39 is 5.97 Å². The monoisotopic (exact) mass is 410 g/mol. The van der Waals surface area contributed by atoms with Crippen LogP contribution in [-0.4, -0.2) is 47.0 Å². The summed E-state index contributed by atoms with van der Waals surface area (Å²) in [7, 11) is 0. The fourth-order valence-corrected chi connectivity index (χ4v) is 5.94. The van der Waals surface area contributed by atoms with E-state index in [4.69, 9.17) is 14.6 Å². The topological polar surface area (TPSA) is 59.1 Å². The Balaban J connectivity index is 1.31. The molecule has 3 fully saturated rings. The predicted molar refractivity (Wildman–Crippen MR) is 115 cm³/mol. The van der Waals surface area contributed by atoms with E-state index in [9.17, 15) is 4.79 Å². The van der Waals surface area contributed by atoms with Crippen LogP contribution in [0.3, 0.4) is 0 Å². The Labute approximate surface area is 174 Å². The van der Waals surface area contributed by atoms with Crippen LogP contribution < -0.4 is 0 Å². The van der Waals surface area contributed by atoms with Crippen molar-refractivity contribution in [2.45, 2.75) is 102 Å². The van der Waals surface area contributed by atoms with Gasteiger partial charge < -0.3 is 14.6 Å². The van der Waals surface area contributed by atoms with Gasteiger partial charge in [0.25, 0.3) is 0 Å². The first kappa shape index (κ1) is 22.2. The molecule has 0 saturated carbocycles. The Morgan fingerprint density at radius 3 is 2.36 bits per heavy atom. The zero-order valence-corrected chi connectivity index (χ0v) is 18.2. The molecule has 3 saturated heterocycles. The molecule has 1 N–H and O–H groups in total. The fourth-order valence-electron chi connectivity index (χ4n) is 4.92. The predicted octanol–water partition coefficient (Wildman–Crippen LogP) is 5.45. The lowest BCUT2D eigenvalue weighted by Crippen LogP contribution is -2.32. The molecule has 0 spiro atoms. The number of carboxylic acid groups (broad SMARTS) is 1. The van der Waals surface area contributed by atoms with E-state index in [1.807, 2.05) is 0 Å². The van der Waals surface area contributed by atoms with Gasteiger partial charge in [-0.3, -0.25) is 4.79 Å². The van der Waals surface area contributed by atoms with Gasteiger partial charge in [0, 0.05) is 6.42 Å². The molecule has 0 aliphatic carbocycles. The number of hydrogen-bond donors (Lipinski definition) is 1. The maximum Gasteiger partial charge on any atom is 0.303 e. The van der Waals surface area contributed by atoms with Crippen LogP contribution in [0.25, 0.3) is 0 Å². The average Bonchev–Trinajstić information content (AvgIpc) is 3.30. The molecule has 3 aliphatic heterocycles. The van der Waals surface area contributed by atoms with E-state index in [2.05, 4.69) is 30.8 Å². The molecule has 0 radical (unpaired) electrons. The lowest BCUT2D eigenvalue weighted by molar-refractivity contribution is -0.137. The number of carboxylic acids is 1. The molecule has 5 heteroatoms. The van der Waals surface area contributed by atoms with Crippen molar-refractivity contribution in [3.8, 4) is 0 Å². The first-order valence-electron chi connectivity index (χ1n) is 11.5. The summed E-state index contributed by atoms with van der Waals surface area (Å²) in [6.45, 7) is 2.27. The molecule has 28 heavy (non-hydrogen) atoms. The summed E-state index contributed by atoms with van der Waals surface area (Å²) in [5.41, 5.74) is 0. The van der Waals surface area contributed by atoms with Gasteiger partial charge in [0.15, 0.2) is 0 Å². The second kappa shape index (κ2) is 11.6. The minimum atomic E-state index is -0.703. The Morgan fingerprint density at radius 1 is 0.893 bits per heavy atom. The van der Waals surface area contributed by atoms with Crippen molar-refractivity contribution in [3.05, 3.63) is 12.2 Å². The third-order valence-electron chi connectivity index (χ3n) is 6.47. The lowest BCUT2D eigenvalue weighted by atomic mass is 9.75. The number of unbranched alkanes of at least 4 members (excludes halogenated alkanes) is 5. The Kier molecular flexibility index (Phi) is 9.19. The molecular weight excluding hydrogens is 372 g/mol. The summed E-state index contributed by atoms with van der Waals surface area (Å²) in [6.07, 6.45) is 18.1. The third-order valence-corrected chi connectivity index (χ3v) is 7.63. The SMILES string of the molecule is CCCCCCSCCCC[C@@H]1[C@H](C/C=C\CCCC(=O)O)[C@H]2O[C@@H]1[C@H]1O[C@H]12. The van der Waals surface area contributed by atoms with Gasteiger partial charge in [-0.2, -0.15) is 11.8 Å². The Bertz CT molecular complexity index is 509. The van der Waals surface area contributed by atoms with Crippen LogP contribution >= 0.6 is 11.8 Å². The minimum Gasteiger partial charge on any atom is -0.481 e. The summed E-state index contributed by atoms with van der Waals surface area (Å²) >= 11 is 2.13. The third kappa shape index (κ3) is 6.24. The zero-order chi connectivity index (χ0) is 19.8. The summed E-state index contributed by atoms with van der Waals surface area (Å²) in [5, 5.41) is 8.71. The summed E-state index contributed by atoms with van der Waals surface area (Å²) in [6, 6.07) is 0. The molecule has 6 atom stereocenters. The number of ether oxygens (including phenoxy) is 2. The van der Waals surface area contributed by atoms with E-state index in [1.54, 1.807) is 0 Å². The molecule has 3 heterocycles. The molecule has 4 nitrogen and oxygen atoms in total. The second-order valence-electron chi connectivity index (χ2n) is 8.62. The van der Waals surface area contributed by atoms with Crippen molar-refractivity contribution in [1.29, 1.82) is 0 Å². The maximum atomic E-state index is 10.6. The highest BCUT2D eigenvalue weighted by Crippen LogP contribution is 2.56. The molecule has 0 aromatic heterocycles. The summed E-state index contributed by atoms with van der Waals surface area (Å²) < 4.78 is 12.1. The number of carbonyl (C=O) groups is 1. The van der Waals surface area contributed by atoms with Crippen molar-refractivity contribution in [2.75, 3.05) is 11.5 Å². The van der Waals surface area contributed by atoms with Gasteiger partial charge in [-0.05, 0) is 61.9 Å². The minimum absolute atomic E-state index is 0.262. The molecule has 0 unspecified atom stereocenters. The zero-order valence-electron chi connectivity index (χ0n) is 17.4. The Morgan fingerprint density at radius 2 is 1.61 bits per heavy atom. The van der Waals surface area contributed by atoms with Crippen molar-refractivity contribution in [3.63, 3.8) is 0 Å². The lowest BCUT2D eigenvalue weighted by Gasteiger charge is -2.25. The quantitative estimate of drug-likeness (QED) is 0.208. The number of fused-ring (bicyclic) bond motifs is 5. The average molecular weight is 411 g/mol. The molecule has 0 amide bonds. The van der Waals surface area contributed by atoms with Gasteiger partial charge in [-0.15, -0.1) is 0 Å². The summed E-state index contributed by atoms with van der Waals surface area (Å²) in [4.78, 5) is 10.6.